The first-order valence-electron chi connectivity index (χ1n) is 7.16. The largest absolute Gasteiger partial charge is 0.485 e. The highest BCUT2D eigenvalue weighted by Crippen LogP contribution is 2.35. The number of nitrogens with one attached hydrogen (secondary N) is 1. The molecular formula is C16H19N3O2. The quantitative estimate of drug-likeness (QED) is 0.939. The standard InChI is InChI=1S/C16H19N3O2/c1-4-17-15-10(2)11(3)18-16(19-15)14-9-20-12-7-5-6-8-13(12)21-14/h5-8,14H,4,9H2,1-3H3,(H,17,18,19). The van der Waals surface area contributed by atoms with Crippen molar-refractivity contribution in [1.29, 1.82) is 0 Å². The third-order valence-electron chi connectivity index (χ3n) is 3.55. The molecule has 0 amide bonds. The van der Waals surface area contributed by atoms with Gasteiger partial charge in [0.1, 0.15) is 12.4 Å². The van der Waals surface area contributed by atoms with Crippen LogP contribution in [0.5, 0.6) is 11.5 Å². The summed E-state index contributed by atoms with van der Waals surface area (Å²) in [6.45, 7) is 7.29. The van der Waals surface area contributed by atoms with Gasteiger partial charge in [-0.05, 0) is 32.9 Å². The zero-order valence-electron chi connectivity index (χ0n) is 12.5. The van der Waals surface area contributed by atoms with Gasteiger partial charge in [-0.1, -0.05) is 12.1 Å². The Bertz CT molecular complexity index is 658. The number of hydrogen-bond donors (Lipinski definition) is 1. The van der Waals surface area contributed by atoms with Gasteiger partial charge in [0.05, 0.1) is 0 Å². The third-order valence-corrected chi connectivity index (χ3v) is 3.55. The molecule has 1 aromatic heterocycles. The Labute approximate surface area is 124 Å². The number of aryl methyl sites for hydroxylation is 1. The summed E-state index contributed by atoms with van der Waals surface area (Å²) in [6, 6.07) is 7.65. The van der Waals surface area contributed by atoms with Crippen LogP contribution in [-0.2, 0) is 0 Å². The molecule has 2 heterocycles. The van der Waals surface area contributed by atoms with E-state index in [0.29, 0.717) is 12.4 Å². The SMILES string of the molecule is CCNc1nc(C2COc3ccccc3O2)nc(C)c1C. The van der Waals surface area contributed by atoms with E-state index in [1.54, 1.807) is 0 Å². The van der Waals surface area contributed by atoms with Crippen molar-refractivity contribution < 1.29 is 9.47 Å². The lowest BCUT2D eigenvalue weighted by atomic mass is 10.2. The van der Waals surface area contributed by atoms with Crippen LogP contribution in [0, 0.1) is 13.8 Å². The maximum Gasteiger partial charge on any atom is 0.192 e. The molecule has 1 aliphatic heterocycles. The molecule has 21 heavy (non-hydrogen) atoms. The Kier molecular flexibility index (Phi) is 3.64. The molecule has 0 spiro atoms. The molecule has 0 bridgehead atoms. The number of rotatable bonds is 3. The summed E-state index contributed by atoms with van der Waals surface area (Å²) >= 11 is 0. The van der Waals surface area contributed by atoms with Gasteiger partial charge >= 0.3 is 0 Å². The molecule has 0 fully saturated rings. The fraction of sp³-hybridized carbons (Fsp3) is 0.375. The Morgan fingerprint density at radius 1 is 1.19 bits per heavy atom. The van der Waals surface area contributed by atoms with Crippen LogP contribution in [-0.4, -0.2) is 23.1 Å². The van der Waals surface area contributed by atoms with Crippen molar-refractivity contribution in [3.63, 3.8) is 0 Å². The van der Waals surface area contributed by atoms with Crippen molar-refractivity contribution >= 4 is 5.82 Å². The second kappa shape index (κ2) is 5.60. The predicted molar refractivity (Wildman–Crippen MR) is 81.0 cm³/mol. The number of nitrogens with zero attached hydrogens (tertiary/aromatic N) is 2. The van der Waals surface area contributed by atoms with Gasteiger partial charge in [-0.25, -0.2) is 9.97 Å². The number of para-hydroxylation sites is 2. The van der Waals surface area contributed by atoms with Gasteiger partial charge in [0, 0.05) is 17.8 Å². The van der Waals surface area contributed by atoms with E-state index in [1.807, 2.05) is 45.0 Å². The molecule has 0 radical (unpaired) electrons. The van der Waals surface area contributed by atoms with Crippen LogP contribution in [0.15, 0.2) is 24.3 Å². The highest BCUT2D eigenvalue weighted by Gasteiger charge is 2.25. The maximum absolute atomic E-state index is 5.97. The van der Waals surface area contributed by atoms with Crippen LogP contribution in [0.25, 0.3) is 0 Å². The van der Waals surface area contributed by atoms with Crippen molar-refractivity contribution in [2.24, 2.45) is 0 Å². The Balaban J connectivity index is 1.91. The highest BCUT2D eigenvalue weighted by atomic mass is 16.6. The first-order valence-corrected chi connectivity index (χ1v) is 7.16. The van der Waals surface area contributed by atoms with Crippen molar-refractivity contribution in [2.45, 2.75) is 26.9 Å². The summed E-state index contributed by atoms with van der Waals surface area (Å²) in [4.78, 5) is 9.15. The van der Waals surface area contributed by atoms with E-state index >= 15 is 0 Å². The van der Waals surface area contributed by atoms with Crippen LogP contribution >= 0.6 is 0 Å². The van der Waals surface area contributed by atoms with Gasteiger partial charge < -0.3 is 14.8 Å². The summed E-state index contributed by atoms with van der Waals surface area (Å²) in [5, 5.41) is 3.27. The second-order valence-corrected chi connectivity index (χ2v) is 5.04. The summed E-state index contributed by atoms with van der Waals surface area (Å²) < 4.78 is 11.7. The van der Waals surface area contributed by atoms with Gasteiger partial charge in [0.2, 0.25) is 0 Å². The number of fused-ring (bicyclic) bond motifs is 1. The third kappa shape index (κ3) is 2.63. The monoisotopic (exact) mass is 285 g/mol. The van der Waals surface area contributed by atoms with E-state index in [1.165, 1.54) is 0 Å². The van der Waals surface area contributed by atoms with Gasteiger partial charge in [-0.2, -0.15) is 0 Å². The van der Waals surface area contributed by atoms with E-state index < -0.39 is 0 Å². The summed E-state index contributed by atoms with van der Waals surface area (Å²) in [7, 11) is 0. The zero-order valence-corrected chi connectivity index (χ0v) is 12.5. The number of aromatic nitrogens is 2. The average Bonchev–Trinajstić information content (AvgIpc) is 2.51. The molecule has 110 valence electrons. The zero-order chi connectivity index (χ0) is 14.8. The Hall–Kier alpha value is -2.30. The summed E-state index contributed by atoms with van der Waals surface area (Å²) in [5.74, 6) is 3.02. The predicted octanol–water partition coefficient (Wildman–Crippen LogP) is 3.04. The van der Waals surface area contributed by atoms with Crippen LogP contribution in [0.3, 0.4) is 0 Å². The molecule has 1 aromatic carbocycles. The molecule has 1 unspecified atom stereocenters. The minimum atomic E-state index is -0.281. The van der Waals surface area contributed by atoms with Gasteiger partial charge in [-0.3, -0.25) is 0 Å². The van der Waals surface area contributed by atoms with E-state index in [2.05, 4.69) is 15.3 Å². The lowest BCUT2D eigenvalue weighted by molar-refractivity contribution is 0.0850. The lowest BCUT2D eigenvalue weighted by Crippen LogP contribution is -2.24. The average molecular weight is 285 g/mol. The minimum absolute atomic E-state index is 0.281. The number of ether oxygens (including phenoxy) is 2. The van der Waals surface area contributed by atoms with Gasteiger partial charge in [0.25, 0.3) is 0 Å². The molecule has 0 aliphatic carbocycles. The molecule has 2 aromatic rings. The highest BCUT2D eigenvalue weighted by molar-refractivity contribution is 5.46. The van der Waals surface area contributed by atoms with Crippen molar-refractivity contribution in [1.82, 2.24) is 9.97 Å². The van der Waals surface area contributed by atoms with E-state index in [-0.39, 0.29) is 6.10 Å². The number of anilines is 1. The van der Waals surface area contributed by atoms with Crippen molar-refractivity contribution in [3.05, 3.63) is 41.3 Å². The summed E-state index contributed by atoms with van der Waals surface area (Å²) in [6.07, 6.45) is -0.281. The van der Waals surface area contributed by atoms with Crippen molar-refractivity contribution in [3.8, 4) is 11.5 Å². The molecule has 1 N–H and O–H groups in total. The normalized spacial score (nSPS) is 16.6. The molecule has 5 nitrogen and oxygen atoms in total. The maximum atomic E-state index is 5.97. The topological polar surface area (TPSA) is 56.3 Å². The summed E-state index contributed by atoms with van der Waals surface area (Å²) in [5.41, 5.74) is 2.02. The minimum Gasteiger partial charge on any atom is -0.485 e. The second-order valence-electron chi connectivity index (χ2n) is 5.04. The molecule has 5 heteroatoms. The van der Waals surface area contributed by atoms with Crippen LogP contribution in [0.4, 0.5) is 5.82 Å². The smallest absolute Gasteiger partial charge is 0.192 e. The van der Waals surface area contributed by atoms with Crippen LogP contribution in [0.2, 0.25) is 0 Å². The first-order chi connectivity index (χ1) is 10.2. The van der Waals surface area contributed by atoms with Crippen molar-refractivity contribution in [2.75, 3.05) is 18.5 Å². The molecular weight excluding hydrogens is 266 g/mol. The molecule has 0 saturated heterocycles. The van der Waals surface area contributed by atoms with Crippen LogP contribution in [0.1, 0.15) is 30.1 Å². The number of hydrogen-bond acceptors (Lipinski definition) is 5. The molecule has 0 saturated carbocycles. The molecule has 1 atom stereocenters. The fourth-order valence-electron chi connectivity index (χ4n) is 2.28. The van der Waals surface area contributed by atoms with Crippen LogP contribution < -0.4 is 14.8 Å². The van der Waals surface area contributed by atoms with E-state index in [0.717, 1.165) is 35.1 Å². The fourth-order valence-corrected chi connectivity index (χ4v) is 2.28. The molecule has 1 aliphatic rings. The Morgan fingerprint density at radius 3 is 2.71 bits per heavy atom. The lowest BCUT2D eigenvalue weighted by Gasteiger charge is -2.26. The Morgan fingerprint density at radius 2 is 1.95 bits per heavy atom. The molecule has 3 rings (SSSR count). The van der Waals surface area contributed by atoms with Gasteiger partial charge in [0.15, 0.2) is 23.4 Å². The van der Waals surface area contributed by atoms with E-state index in [4.69, 9.17) is 9.47 Å². The van der Waals surface area contributed by atoms with Gasteiger partial charge in [-0.15, -0.1) is 0 Å². The first kappa shape index (κ1) is 13.7. The number of benzene rings is 1. The van der Waals surface area contributed by atoms with E-state index in [9.17, 15) is 0 Å².